The van der Waals surface area contributed by atoms with E-state index in [4.69, 9.17) is 0 Å². The van der Waals surface area contributed by atoms with Crippen LogP contribution < -0.4 is 5.32 Å². The Morgan fingerprint density at radius 3 is 2.23 bits per heavy atom. The van der Waals surface area contributed by atoms with Crippen LogP contribution in [-0.2, 0) is 6.54 Å². The van der Waals surface area contributed by atoms with Crippen molar-refractivity contribution < 1.29 is 8.78 Å². The molecule has 2 nitrogen and oxygen atoms in total. The maximum atomic E-state index is 14.2. The SMILES string of the molecule is Cl.Cl.FC1(F)CCNCC12CCN(Cc1ccccc1)CC2. The van der Waals surface area contributed by atoms with Gasteiger partial charge in [-0.25, -0.2) is 8.78 Å². The van der Waals surface area contributed by atoms with Gasteiger partial charge in [-0.2, -0.15) is 0 Å². The van der Waals surface area contributed by atoms with E-state index in [2.05, 4.69) is 22.3 Å². The zero-order valence-corrected chi connectivity index (χ0v) is 14.2. The molecule has 1 spiro atoms. The predicted molar refractivity (Wildman–Crippen MR) is 90.3 cm³/mol. The summed E-state index contributed by atoms with van der Waals surface area (Å²) in [5.41, 5.74) is 0.454. The summed E-state index contributed by atoms with van der Waals surface area (Å²) in [7, 11) is 0. The molecular weight excluding hydrogens is 329 g/mol. The lowest BCUT2D eigenvalue weighted by Crippen LogP contribution is -2.58. The van der Waals surface area contributed by atoms with Gasteiger partial charge in [0.2, 0.25) is 0 Å². The molecule has 0 bridgehead atoms. The average Bonchev–Trinajstić information content (AvgIpc) is 2.46. The highest BCUT2D eigenvalue weighted by atomic mass is 35.5. The van der Waals surface area contributed by atoms with Crippen LogP contribution in [0.5, 0.6) is 0 Å². The minimum absolute atomic E-state index is 0. The number of benzene rings is 1. The van der Waals surface area contributed by atoms with E-state index < -0.39 is 11.3 Å². The number of hydrogen-bond acceptors (Lipinski definition) is 2. The standard InChI is InChI=1S/C16H22F2N2.2ClH/c17-16(18)6-9-19-13-15(16)7-10-20(11-8-15)12-14-4-2-1-3-5-14;;/h1-5,19H,6-13H2;2*1H. The largest absolute Gasteiger partial charge is 0.316 e. The van der Waals surface area contributed by atoms with Crippen LogP contribution in [0.1, 0.15) is 24.8 Å². The van der Waals surface area contributed by atoms with Gasteiger partial charge in [-0.05, 0) is 31.5 Å². The third kappa shape index (κ3) is 3.91. The lowest BCUT2D eigenvalue weighted by atomic mass is 9.70. The van der Waals surface area contributed by atoms with E-state index in [1.54, 1.807) is 0 Å². The molecule has 2 saturated heterocycles. The summed E-state index contributed by atoms with van der Waals surface area (Å²) in [6.07, 6.45) is 1.19. The lowest BCUT2D eigenvalue weighted by Gasteiger charge is -2.49. The Kier molecular flexibility index (Phi) is 7.06. The predicted octanol–water partition coefficient (Wildman–Crippen LogP) is 3.74. The van der Waals surface area contributed by atoms with Gasteiger partial charge >= 0.3 is 0 Å². The molecular formula is C16H24Cl2F2N2. The van der Waals surface area contributed by atoms with Gasteiger partial charge in [0.1, 0.15) is 0 Å². The second-order valence-electron chi connectivity index (χ2n) is 6.17. The van der Waals surface area contributed by atoms with Crippen molar-refractivity contribution in [3.8, 4) is 0 Å². The summed E-state index contributed by atoms with van der Waals surface area (Å²) in [6, 6.07) is 10.3. The number of hydrogen-bond donors (Lipinski definition) is 1. The fourth-order valence-corrected chi connectivity index (χ4v) is 3.49. The molecule has 1 aromatic rings. The molecule has 6 heteroatoms. The van der Waals surface area contributed by atoms with Crippen molar-refractivity contribution in [2.45, 2.75) is 31.7 Å². The minimum atomic E-state index is -2.50. The highest BCUT2D eigenvalue weighted by molar-refractivity contribution is 5.85. The van der Waals surface area contributed by atoms with E-state index >= 15 is 0 Å². The van der Waals surface area contributed by atoms with Crippen molar-refractivity contribution in [3.05, 3.63) is 35.9 Å². The summed E-state index contributed by atoms with van der Waals surface area (Å²) < 4.78 is 28.5. The van der Waals surface area contributed by atoms with E-state index in [0.717, 1.165) is 19.6 Å². The molecule has 0 unspecified atom stereocenters. The first-order chi connectivity index (χ1) is 9.61. The molecule has 0 aliphatic carbocycles. The Bertz CT molecular complexity index is 449. The Morgan fingerprint density at radius 2 is 1.64 bits per heavy atom. The number of halogens is 4. The maximum Gasteiger partial charge on any atom is 0.256 e. The second kappa shape index (κ2) is 7.91. The zero-order chi connectivity index (χ0) is 14.1. The Labute approximate surface area is 143 Å². The minimum Gasteiger partial charge on any atom is -0.316 e. The highest BCUT2D eigenvalue weighted by Crippen LogP contribution is 2.48. The van der Waals surface area contributed by atoms with Gasteiger partial charge in [-0.15, -0.1) is 24.8 Å². The summed E-state index contributed by atoms with van der Waals surface area (Å²) in [6.45, 7) is 3.33. The van der Waals surface area contributed by atoms with Gasteiger partial charge in [0, 0.05) is 31.5 Å². The Balaban J connectivity index is 0.00000121. The molecule has 1 aromatic carbocycles. The number of rotatable bonds is 2. The van der Waals surface area contributed by atoms with Crippen LogP contribution in [-0.4, -0.2) is 37.0 Å². The first-order valence-corrected chi connectivity index (χ1v) is 7.46. The van der Waals surface area contributed by atoms with Gasteiger partial charge in [0.25, 0.3) is 5.92 Å². The number of nitrogens with zero attached hydrogens (tertiary/aromatic N) is 1. The van der Waals surface area contributed by atoms with Crippen LogP contribution in [0.2, 0.25) is 0 Å². The molecule has 2 fully saturated rings. The number of alkyl halides is 2. The molecule has 0 amide bonds. The van der Waals surface area contributed by atoms with Gasteiger partial charge in [0.15, 0.2) is 0 Å². The molecule has 1 N–H and O–H groups in total. The fourth-order valence-electron chi connectivity index (χ4n) is 3.49. The van der Waals surface area contributed by atoms with E-state index in [1.807, 2.05) is 18.2 Å². The molecule has 0 atom stereocenters. The Hall–Kier alpha value is -0.420. The average molecular weight is 353 g/mol. The first-order valence-electron chi connectivity index (χ1n) is 7.46. The molecule has 126 valence electrons. The van der Waals surface area contributed by atoms with Crippen LogP contribution >= 0.6 is 24.8 Å². The number of likely N-dealkylation sites (tertiary alicyclic amines) is 1. The van der Waals surface area contributed by atoms with E-state index in [0.29, 0.717) is 25.9 Å². The molecule has 0 aromatic heterocycles. The van der Waals surface area contributed by atoms with Crippen molar-refractivity contribution in [1.82, 2.24) is 10.2 Å². The first kappa shape index (κ1) is 19.6. The normalized spacial score (nSPS) is 23.4. The smallest absolute Gasteiger partial charge is 0.256 e. The lowest BCUT2D eigenvalue weighted by molar-refractivity contribution is -0.163. The van der Waals surface area contributed by atoms with Crippen molar-refractivity contribution in [2.75, 3.05) is 26.2 Å². The highest BCUT2D eigenvalue weighted by Gasteiger charge is 2.55. The molecule has 2 heterocycles. The monoisotopic (exact) mass is 352 g/mol. The number of piperidine rings is 2. The van der Waals surface area contributed by atoms with Crippen molar-refractivity contribution >= 4 is 24.8 Å². The fraction of sp³-hybridized carbons (Fsp3) is 0.625. The zero-order valence-electron chi connectivity index (χ0n) is 12.6. The van der Waals surface area contributed by atoms with Crippen LogP contribution in [0.25, 0.3) is 0 Å². The molecule has 0 saturated carbocycles. The molecule has 0 radical (unpaired) electrons. The quantitative estimate of drug-likeness (QED) is 0.871. The summed E-state index contributed by atoms with van der Waals surface area (Å²) >= 11 is 0. The van der Waals surface area contributed by atoms with Crippen LogP contribution in [0.3, 0.4) is 0 Å². The van der Waals surface area contributed by atoms with Crippen molar-refractivity contribution in [1.29, 1.82) is 0 Å². The van der Waals surface area contributed by atoms with Crippen LogP contribution in [0, 0.1) is 5.41 Å². The van der Waals surface area contributed by atoms with Gasteiger partial charge in [0.05, 0.1) is 0 Å². The third-order valence-corrected chi connectivity index (χ3v) is 4.92. The molecule has 2 aliphatic heterocycles. The van der Waals surface area contributed by atoms with Crippen LogP contribution in [0.15, 0.2) is 30.3 Å². The van der Waals surface area contributed by atoms with E-state index in [-0.39, 0.29) is 31.2 Å². The summed E-state index contributed by atoms with van der Waals surface area (Å²) in [5, 5.41) is 3.17. The molecule has 3 rings (SSSR count). The topological polar surface area (TPSA) is 15.3 Å². The second-order valence-corrected chi connectivity index (χ2v) is 6.17. The van der Waals surface area contributed by atoms with Gasteiger partial charge in [-0.1, -0.05) is 30.3 Å². The number of nitrogens with one attached hydrogen (secondary N) is 1. The third-order valence-electron chi connectivity index (χ3n) is 4.92. The summed E-state index contributed by atoms with van der Waals surface area (Å²) in [5.74, 6) is -2.50. The van der Waals surface area contributed by atoms with Crippen molar-refractivity contribution in [2.24, 2.45) is 5.41 Å². The van der Waals surface area contributed by atoms with Gasteiger partial charge in [-0.3, -0.25) is 4.90 Å². The van der Waals surface area contributed by atoms with E-state index in [1.165, 1.54) is 5.56 Å². The maximum absolute atomic E-state index is 14.2. The van der Waals surface area contributed by atoms with Crippen LogP contribution in [0.4, 0.5) is 8.78 Å². The van der Waals surface area contributed by atoms with Gasteiger partial charge < -0.3 is 5.32 Å². The molecule has 2 aliphatic rings. The summed E-state index contributed by atoms with van der Waals surface area (Å²) in [4.78, 5) is 2.30. The molecule has 22 heavy (non-hydrogen) atoms. The Morgan fingerprint density at radius 1 is 1.00 bits per heavy atom. The van der Waals surface area contributed by atoms with E-state index in [9.17, 15) is 8.78 Å². The van der Waals surface area contributed by atoms with Crippen molar-refractivity contribution in [3.63, 3.8) is 0 Å².